The van der Waals surface area contributed by atoms with Gasteiger partial charge in [-0.1, -0.05) is 66.7 Å². The molecule has 1 N–H and O–H groups in total. The molecule has 3 aromatic carbocycles. The lowest BCUT2D eigenvalue weighted by Crippen LogP contribution is -2.04. The van der Waals surface area contributed by atoms with Crippen LogP contribution >= 0.6 is 0 Å². The van der Waals surface area contributed by atoms with Crippen LogP contribution in [0.2, 0.25) is 0 Å². The van der Waals surface area contributed by atoms with E-state index in [4.69, 9.17) is 4.74 Å². The van der Waals surface area contributed by atoms with Crippen LogP contribution in [0.1, 0.15) is 21.5 Å². The first-order valence-electron chi connectivity index (χ1n) is 7.76. The number of carboxylic acids is 1. The van der Waals surface area contributed by atoms with Crippen LogP contribution in [0.25, 0.3) is 11.1 Å². The van der Waals surface area contributed by atoms with Gasteiger partial charge in [0.05, 0.1) is 5.56 Å². The number of hydrogen-bond acceptors (Lipinski definition) is 2. The van der Waals surface area contributed by atoms with Gasteiger partial charge in [0, 0.05) is 11.1 Å². The number of ether oxygens (including phenoxy) is 1. The second-order valence-electron chi connectivity index (χ2n) is 5.57. The minimum atomic E-state index is -0.930. The van der Waals surface area contributed by atoms with E-state index < -0.39 is 5.97 Å². The summed E-state index contributed by atoms with van der Waals surface area (Å²) in [6.45, 7) is 2.24. The van der Waals surface area contributed by atoms with Crippen LogP contribution in [0, 0.1) is 6.92 Å². The van der Waals surface area contributed by atoms with Crippen molar-refractivity contribution in [3.05, 3.63) is 89.5 Å². The van der Waals surface area contributed by atoms with Gasteiger partial charge >= 0.3 is 5.97 Å². The fraction of sp³-hybridized carbons (Fsp3) is 0.0952. The van der Waals surface area contributed by atoms with Gasteiger partial charge in [-0.2, -0.15) is 0 Å². The average molecular weight is 318 g/mol. The number of aromatic carboxylic acids is 1. The predicted octanol–water partition coefficient (Wildman–Crippen LogP) is 4.94. The van der Waals surface area contributed by atoms with Gasteiger partial charge in [-0.05, 0) is 24.1 Å². The molecule has 3 aromatic rings. The van der Waals surface area contributed by atoms with E-state index in [1.54, 1.807) is 13.0 Å². The molecular formula is C21H18O3. The molecule has 0 saturated heterocycles. The number of aryl methyl sites for hydroxylation is 1. The van der Waals surface area contributed by atoms with Crippen LogP contribution in [-0.4, -0.2) is 11.1 Å². The minimum Gasteiger partial charge on any atom is -0.488 e. The minimum absolute atomic E-state index is 0.313. The van der Waals surface area contributed by atoms with Crippen molar-refractivity contribution in [1.29, 1.82) is 0 Å². The molecule has 0 fully saturated rings. The summed E-state index contributed by atoms with van der Waals surface area (Å²) in [5, 5.41) is 9.57. The number of rotatable bonds is 5. The van der Waals surface area contributed by atoms with Crippen LogP contribution in [0.5, 0.6) is 5.75 Å². The summed E-state index contributed by atoms with van der Waals surface area (Å²) >= 11 is 0. The quantitative estimate of drug-likeness (QED) is 0.725. The molecule has 3 heteroatoms. The molecule has 3 nitrogen and oxygen atoms in total. The molecule has 0 atom stereocenters. The van der Waals surface area contributed by atoms with Gasteiger partial charge in [-0.25, -0.2) is 4.79 Å². The summed E-state index contributed by atoms with van der Waals surface area (Å²) in [5.41, 5.74) is 3.57. The van der Waals surface area contributed by atoms with Gasteiger partial charge in [0.1, 0.15) is 12.4 Å². The van der Waals surface area contributed by atoms with Crippen molar-refractivity contribution in [2.75, 3.05) is 0 Å². The van der Waals surface area contributed by atoms with Crippen molar-refractivity contribution in [3.63, 3.8) is 0 Å². The number of hydrogen-bond donors (Lipinski definition) is 1. The van der Waals surface area contributed by atoms with Crippen molar-refractivity contribution in [3.8, 4) is 16.9 Å². The van der Waals surface area contributed by atoms with E-state index in [1.807, 2.05) is 66.7 Å². The lowest BCUT2D eigenvalue weighted by molar-refractivity contribution is 0.0697. The molecule has 3 rings (SSSR count). The third kappa shape index (κ3) is 3.30. The maximum atomic E-state index is 11.7. The topological polar surface area (TPSA) is 46.5 Å². The van der Waals surface area contributed by atoms with Gasteiger partial charge in [0.2, 0.25) is 0 Å². The Labute approximate surface area is 141 Å². The average Bonchev–Trinajstić information content (AvgIpc) is 2.60. The molecule has 0 aromatic heterocycles. The van der Waals surface area contributed by atoms with E-state index in [2.05, 4.69) is 0 Å². The maximum Gasteiger partial charge on any atom is 0.336 e. The Morgan fingerprint density at radius 3 is 2.29 bits per heavy atom. The lowest BCUT2D eigenvalue weighted by atomic mass is 9.95. The van der Waals surface area contributed by atoms with E-state index in [-0.39, 0.29) is 0 Å². The highest BCUT2D eigenvalue weighted by Gasteiger charge is 2.17. The molecule has 0 unspecified atom stereocenters. The Kier molecular flexibility index (Phi) is 4.62. The smallest absolute Gasteiger partial charge is 0.336 e. The van der Waals surface area contributed by atoms with Crippen molar-refractivity contribution >= 4 is 5.97 Å². The van der Waals surface area contributed by atoms with Gasteiger partial charge in [0.15, 0.2) is 0 Å². The summed E-state index contributed by atoms with van der Waals surface area (Å²) in [6, 6.07) is 22.9. The van der Waals surface area contributed by atoms with Gasteiger partial charge in [-0.15, -0.1) is 0 Å². The van der Waals surface area contributed by atoms with Gasteiger partial charge in [-0.3, -0.25) is 0 Å². The summed E-state index contributed by atoms with van der Waals surface area (Å²) in [6.07, 6.45) is 0. The van der Waals surface area contributed by atoms with E-state index in [9.17, 15) is 9.90 Å². The van der Waals surface area contributed by atoms with E-state index in [0.29, 0.717) is 23.5 Å². The summed E-state index contributed by atoms with van der Waals surface area (Å²) in [5.74, 6) is -0.254. The van der Waals surface area contributed by atoms with Crippen LogP contribution in [-0.2, 0) is 6.61 Å². The molecule has 24 heavy (non-hydrogen) atoms. The molecule has 0 radical (unpaired) electrons. The summed E-state index contributed by atoms with van der Waals surface area (Å²) in [7, 11) is 0. The Morgan fingerprint density at radius 1 is 0.875 bits per heavy atom. The van der Waals surface area contributed by atoms with Crippen molar-refractivity contribution in [2.45, 2.75) is 13.5 Å². The van der Waals surface area contributed by atoms with Gasteiger partial charge in [0.25, 0.3) is 0 Å². The Hall–Kier alpha value is -3.07. The second kappa shape index (κ2) is 7.01. The Morgan fingerprint density at radius 2 is 1.54 bits per heavy atom. The molecule has 120 valence electrons. The van der Waals surface area contributed by atoms with Crippen LogP contribution in [0.3, 0.4) is 0 Å². The van der Waals surface area contributed by atoms with Crippen molar-refractivity contribution < 1.29 is 14.6 Å². The third-order valence-electron chi connectivity index (χ3n) is 3.90. The largest absolute Gasteiger partial charge is 0.488 e. The van der Waals surface area contributed by atoms with Crippen LogP contribution in [0.4, 0.5) is 0 Å². The standard InChI is InChI=1S/C21H18O3/c1-15-8-7-12-18(20(15)21(22)23)17-11-5-6-13-19(17)24-14-16-9-3-2-4-10-16/h2-13H,14H2,1H3,(H,22,23). The zero-order chi connectivity index (χ0) is 16.9. The van der Waals surface area contributed by atoms with Crippen molar-refractivity contribution in [1.82, 2.24) is 0 Å². The molecule has 0 bridgehead atoms. The zero-order valence-corrected chi connectivity index (χ0v) is 13.4. The van der Waals surface area contributed by atoms with Crippen molar-refractivity contribution in [2.24, 2.45) is 0 Å². The molecule has 0 saturated carbocycles. The van der Waals surface area contributed by atoms with E-state index >= 15 is 0 Å². The fourth-order valence-corrected chi connectivity index (χ4v) is 2.73. The monoisotopic (exact) mass is 318 g/mol. The molecule has 0 aliphatic carbocycles. The van der Waals surface area contributed by atoms with E-state index in [0.717, 1.165) is 16.7 Å². The number of para-hydroxylation sites is 1. The molecule has 0 aliphatic rings. The molecule has 0 aliphatic heterocycles. The SMILES string of the molecule is Cc1cccc(-c2ccccc2OCc2ccccc2)c1C(=O)O. The summed E-state index contributed by atoms with van der Waals surface area (Å²) < 4.78 is 5.96. The summed E-state index contributed by atoms with van der Waals surface area (Å²) in [4.78, 5) is 11.7. The molecule has 0 amide bonds. The molecule has 0 spiro atoms. The maximum absolute atomic E-state index is 11.7. The highest BCUT2D eigenvalue weighted by Crippen LogP contribution is 2.34. The number of carboxylic acid groups (broad SMARTS) is 1. The van der Waals surface area contributed by atoms with E-state index in [1.165, 1.54) is 0 Å². The first-order chi connectivity index (χ1) is 11.7. The normalized spacial score (nSPS) is 10.4. The third-order valence-corrected chi connectivity index (χ3v) is 3.90. The Balaban J connectivity index is 1.98. The zero-order valence-electron chi connectivity index (χ0n) is 13.4. The van der Waals surface area contributed by atoms with Crippen LogP contribution in [0.15, 0.2) is 72.8 Å². The highest BCUT2D eigenvalue weighted by molar-refractivity contribution is 5.98. The lowest BCUT2D eigenvalue weighted by Gasteiger charge is -2.14. The van der Waals surface area contributed by atoms with Crippen LogP contribution < -0.4 is 4.74 Å². The van der Waals surface area contributed by atoms with Gasteiger partial charge < -0.3 is 9.84 Å². The molecular weight excluding hydrogens is 300 g/mol. The first-order valence-corrected chi connectivity index (χ1v) is 7.76. The highest BCUT2D eigenvalue weighted by atomic mass is 16.5. The second-order valence-corrected chi connectivity index (χ2v) is 5.57. The molecule has 0 heterocycles. The number of benzene rings is 3. The predicted molar refractivity (Wildman–Crippen MR) is 94.3 cm³/mol. The Bertz CT molecular complexity index is 854. The first kappa shape index (κ1) is 15.8. The number of carbonyl (C=O) groups is 1. The fourth-order valence-electron chi connectivity index (χ4n) is 2.73.